The van der Waals surface area contributed by atoms with Crippen molar-refractivity contribution in [2.24, 2.45) is 0 Å². The van der Waals surface area contributed by atoms with Crippen LogP contribution in [0.2, 0.25) is 0 Å². The van der Waals surface area contributed by atoms with Crippen LogP contribution in [0.25, 0.3) is 0 Å². The molecule has 3 nitrogen and oxygen atoms in total. The maximum Gasteiger partial charge on any atom is 0.159 e. The topological polar surface area (TPSA) is 54.4 Å². The smallest absolute Gasteiger partial charge is 0.159 e. The van der Waals surface area contributed by atoms with Gasteiger partial charge in [-0.15, -0.1) is 0 Å². The Labute approximate surface area is 97.0 Å². The third kappa shape index (κ3) is 3.32. The minimum Gasteiger partial charge on any atom is -0.392 e. The van der Waals surface area contributed by atoms with Crippen LogP contribution in [0.4, 0.5) is 0 Å². The van der Waals surface area contributed by atoms with Crippen molar-refractivity contribution in [3.05, 3.63) is 35.4 Å². The van der Waals surface area contributed by atoms with Crippen molar-refractivity contribution in [1.29, 1.82) is 0 Å². The first-order valence-corrected chi connectivity index (χ1v) is 6.99. The molecule has 0 unspecified atom stereocenters. The SMILES string of the molecule is Cc1cccc(CS(=O)(=O)[C@H](C)[C@@H](C)O)c1. The van der Waals surface area contributed by atoms with Gasteiger partial charge in [-0.1, -0.05) is 29.8 Å². The Hall–Kier alpha value is -0.870. The summed E-state index contributed by atoms with van der Waals surface area (Å²) in [6, 6.07) is 7.41. The van der Waals surface area contributed by atoms with Gasteiger partial charge in [-0.05, 0) is 26.3 Å². The summed E-state index contributed by atoms with van der Waals surface area (Å²) in [4.78, 5) is 0. The second-order valence-electron chi connectivity index (χ2n) is 4.24. The Bertz CT molecular complexity index is 449. The predicted molar refractivity (Wildman–Crippen MR) is 64.9 cm³/mol. The van der Waals surface area contributed by atoms with Crippen molar-refractivity contribution >= 4 is 9.84 Å². The molecule has 4 heteroatoms. The maximum atomic E-state index is 11.9. The lowest BCUT2D eigenvalue weighted by atomic mass is 10.2. The predicted octanol–water partition coefficient (Wildman–Crippen LogP) is 1.68. The molecule has 90 valence electrons. The van der Waals surface area contributed by atoms with E-state index in [0.717, 1.165) is 11.1 Å². The van der Waals surface area contributed by atoms with Crippen LogP contribution < -0.4 is 0 Å². The summed E-state index contributed by atoms with van der Waals surface area (Å²) in [7, 11) is -3.28. The molecular weight excluding hydrogens is 224 g/mol. The van der Waals surface area contributed by atoms with Crippen LogP contribution in [-0.4, -0.2) is 24.9 Å². The summed E-state index contributed by atoms with van der Waals surface area (Å²) < 4.78 is 23.8. The molecule has 0 aromatic heterocycles. The number of benzene rings is 1. The second-order valence-corrected chi connectivity index (χ2v) is 6.60. The van der Waals surface area contributed by atoms with Crippen LogP contribution in [0.3, 0.4) is 0 Å². The molecule has 0 spiro atoms. The zero-order valence-corrected chi connectivity index (χ0v) is 10.7. The van der Waals surface area contributed by atoms with E-state index in [1.807, 2.05) is 25.1 Å². The number of hydrogen-bond donors (Lipinski definition) is 1. The van der Waals surface area contributed by atoms with Crippen LogP contribution in [-0.2, 0) is 15.6 Å². The molecular formula is C12H18O3S. The normalized spacial score (nSPS) is 15.8. The number of aliphatic hydroxyl groups excluding tert-OH is 1. The number of sulfone groups is 1. The van der Waals surface area contributed by atoms with Crippen molar-refractivity contribution < 1.29 is 13.5 Å². The molecule has 0 fully saturated rings. The average Bonchev–Trinajstić information content (AvgIpc) is 2.15. The zero-order valence-electron chi connectivity index (χ0n) is 9.84. The van der Waals surface area contributed by atoms with E-state index in [9.17, 15) is 13.5 Å². The molecule has 0 saturated heterocycles. The summed E-state index contributed by atoms with van der Waals surface area (Å²) in [6.45, 7) is 4.96. The van der Waals surface area contributed by atoms with E-state index in [1.54, 1.807) is 6.07 Å². The first kappa shape index (κ1) is 13.2. The molecule has 1 aromatic carbocycles. The van der Waals surface area contributed by atoms with E-state index in [0.29, 0.717) is 0 Å². The molecule has 0 aliphatic heterocycles. The van der Waals surface area contributed by atoms with Crippen molar-refractivity contribution in [2.45, 2.75) is 37.9 Å². The molecule has 0 aliphatic rings. The Kier molecular flexibility index (Phi) is 4.10. The first-order chi connectivity index (χ1) is 7.33. The largest absolute Gasteiger partial charge is 0.392 e. The van der Waals surface area contributed by atoms with Crippen LogP contribution in [0.1, 0.15) is 25.0 Å². The van der Waals surface area contributed by atoms with Gasteiger partial charge in [0.15, 0.2) is 9.84 Å². The summed E-state index contributed by atoms with van der Waals surface area (Å²) in [6.07, 6.45) is -0.838. The second kappa shape index (κ2) is 4.97. The Morgan fingerprint density at radius 3 is 2.44 bits per heavy atom. The van der Waals surface area contributed by atoms with Crippen molar-refractivity contribution in [2.75, 3.05) is 0 Å². The fourth-order valence-electron chi connectivity index (χ4n) is 1.47. The number of aliphatic hydroxyl groups is 1. The third-order valence-electron chi connectivity index (χ3n) is 2.70. The van der Waals surface area contributed by atoms with E-state index in [1.165, 1.54) is 13.8 Å². The van der Waals surface area contributed by atoms with E-state index >= 15 is 0 Å². The van der Waals surface area contributed by atoms with E-state index in [2.05, 4.69) is 0 Å². The zero-order chi connectivity index (χ0) is 12.3. The number of rotatable bonds is 4. The summed E-state index contributed by atoms with van der Waals surface area (Å²) in [5.74, 6) is -0.0131. The standard InChI is InChI=1S/C12H18O3S/c1-9-5-4-6-12(7-9)8-16(14,15)11(3)10(2)13/h4-7,10-11,13H,8H2,1-3H3/t10-,11-/m1/s1. The van der Waals surface area contributed by atoms with Crippen LogP contribution in [0.5, 0.6) is 0 Å². The lowest BCUT2D eigenvalue weighted by Crippen LogP contribution is -2.30. The number of hydrogen-bond acceptors (Lipinski definition) is 3. The van der Waals surface area contributed by atoms with Crippen LogP contribution in [0, 0.1) is 6.92 Å². The van der Waals surface area contributed by atoms with Gasteiger partial charge in [-0.3, -0.25) is 0 Å². The molecule has 0 bridgehead atoms. The van der Waals surface area contributed by atoms with Gasteiger partial charge in [-0.2, -0.15) is 0 Å². The van der Waals surface area contributed by atoms with Gasteiger partial charge < -0.3 is 5.11 Å². The Morgan fingerprint density at radius 1 is 1.31 bits per heavy atom. The minimum atomic E-state index is -3.28. The highest BCUT2D eigenvalue weighted by molar-refractivity contribution is 7.91. The fourth-order valence-corrected chi connectivity index (χ4v) is 2.97. The lowest BCUT2D eigenvalue weighted by Gasteiger charge is -2.15. The summed E-state index contributed by atoms with van der Waals surface area (Å²) in [5.41, 5.74) is 1.81. The number of aryl methyl sites for hydroxylation is 1. The minimum absolute atomic E-state index is 0.0131. The first-order valence-electron chi connectivity index (χ1n) is 5.28. The monoisotopic (exact) mass is 242 g/mol. The Morgan fingerprint density at radius 2 is 1.94 bits per heavy atom. The molecule has 1 N–H and O–H groups in total. The molecule has 0 radical (unpaired) electrons. The van der Waals surface area contributed by atoms with Crippen molar-refractivity contribution in [1.82, 2.24) is 0 Å². The molecule has 0 saturated carbocycles. The molecule has 1 rings (SSSR count). The third-order valence-corrected chi connectivity index (χ3v) is 4.96. The quantitative estimate of drug-likeness (QED) is 0.874. The summed E-state index contributed by atoms with van der Waals surface area (Å²) in [5, 5.41) is 8.58. The molecule has 1 aromatic rings. The highest BCUT2D eigenvalue weighted by atomic mass is 32.2. The lowest BCUT2D eigenvalue weighted by molar-refractivity contribution is 0.193. The summed E-state index contributed by atoms with van der Waals surface area (Å²) >= 11 is 0. The van der Waals surface area contributed by atoms with Gasteiger partial charge in [0.05, 0.1) is 17.1 Å². The molecule has 16 heavy (non-hydrogen) atoms. The van der Waals surface area contributed by atoms with Crippen LogP contribution in [0.15, 0.2) is 24.3 Å². The van der Waals surface area contributed by atoms with Crippen molar-refractivity contribution in [3.63, 3.8) is 0 Å². The molecule has 0 aliphatic carbocycles. The van der Waals surface area contributed by atoms with E-state index in [4.69, 9.17) is 0 Å². The Balaban J connectivity index is 2.89. The molecule has 0 amide bonds. The fraction of sp³-hybridized carbons (Fsp3) is 0.500. The van der Waals surface area contributed by atoms with Gasteiger partial charge in [-0.25, -0.2) is 8.42 Å². The van der Waals surface area contributed by atoms with Crippen LogP contribution >= 0.6 is 0 Å². The van der Waals surface area contributed by atoms with Crippen molar-refractivity contribution in [3.8, 4) is 0 Å². The highest BCUT2D eigenvalue weighted by Crippen LogP contribution is 2.14. The van der Waals surface area contributed by atoms with Gasteiger partial charge in [0.2, 0.25) is 0 Å². The maximum absolute atomic E-state index is 11.9. The highest BCUT2D eigenvalue weighted by Gasteiger charge is 2.25. The van der Waals surface area contributed by atoms with Gasteiger partial charge in [0.1, 0.15) is 0 Å². The van der Waals surface area contributed by atoms with Gasteiger partial charge in [0, 0.05) is 0 Å². The van der Waals surface area contributed by atoms with Gasteiger partial charge >= 0.3 is 0 Å². The van der Waals surface area contributed by atoms with E-state index < -0.39 is 21.2 Å². The average molecular weight is 242 g/mol. The molecule has 0 heterocycles. The van der Waals surface area contributed by atoms with E-state index in [-0.39, 0.29) is 5.75 Å². The van der Waals surface area contributed by atoms with Gasteiger partial charge in [0.25, 0.3) is 0 Å². The molecule has 2 atom stereocenters.